The number of aromatic nitrogens is 1. The Morgan fingerprint density at radius 1 is 1.02 bits per heavy atom. The van der Waals surface area contributed by atoms with Gasteiger partial charge in [-0.05, 0) is 94.1 Å². The van der Waals surface area contributed by atoms with Crippen molar-refractivity contribution >= 4 is 11.9 Å². The zero-order chi connectivity index (χ0) is 37.0. The van der Waals surface area contributed by atoms with E-state index in [1.54, 1.807) is 32.8 Å². The van der Waals surface area contributed by atoms with E-state index in [9.17, 15) is 37.1 Å². The maximum atomic E-state index is 16.5. The van der Waals surface area contributed by atoms with Crippen molar-refractivity contribution in [1.29, 1.82) is 0 Å². The van der Waals surface area contributed by atoms with Crippen LogP contribution in [0.2, 0.25) is 0 Å². The molecule has 13 heteroatoms. The quantitative estimate of drug-likeness (QED) is 0.158. The number of aryl methyl sites for hydroxylation is 2. The van der Waals surface area contributed by atoms with E-state index < -0.39 is 70.7 Å². The predicted molar refractivity (Wildman–Crippen MR) is 173 cm³/mol. The van der Waals surface area contributed by atoms with E-state index in [0.29, 0.717) is 17.2 Å². The molecule has 3 aromatic rings. The highest BCUT2D eigenvalue weighted by Gasteiger charge is 2.36. The molecule has 2 N–H and O–H groups in total. The summed E-state index contributed by atoms with van der Waals surface area (Å²) in [6.45, 7) is 8.01. The van der Waals surface area contributed by atoms with Crippen LogP contribution in [0, 0.1) is 49.1 Å². The van der Waals surface area contributed by atoms with Gasteiger partial charge in [-0.15, -0.1) is 5.92 Å². The summed E-state index contributed by atoms with van der Waals surface area (Å²) in [6, 6.07) is 0.503. The number of carbonyl (C=O) groups is 2. The molecule has 264 valence electrons. The SMILES string of the molecule is CC#Cc1cc(-c2c(C)cc(F)cc2C)c(F)c([C@H](CC(=O)O)NC(=O)[C@@H](CC(C)C)n2cc(CCN(C)C)c(C(F)(F)F)cc2=O)c1F. The van der Waals surface area contributed by atoms with Gasteiger partial charge >= 0.3 is 12.1 Å². The van der Waals surface area contributed by atoms with E-state index in [1.165, 1.54) is 20.8 Å². The van der Waals surface area contributed by atoms with Gasteiger partial charge in [0.25, 0.3) is 5.56 Å². The Balaban J connectivity index is 2.26. The molecule has 0 spiro atoms. The monoisotopic (exact) mass is 691 g/mol. The minimum atomic E-state index is -4.86. The third-order valence-corrected chi connectivity index (χ3v) is 7.93. The molecule has 0 aliphatic rings. The zero-order valence-electron chi connectivity index (χ0n) is 28.3. The average molecular weight is 692 g/mol. The molecule has 3 rings (SSSR count). The lowest BCUT2D eigenvalue weighted by molar-refractivity contribution is -0.139. The van der Waals surface area contributed by atoms with Crippen LogP contribution in [0.15, 0.2) is 35.3 Å². The molecule has 1 amide bonds. The Hall–Kier alpha value is -4.57. The fourth-order valence-electron chi connectivity index (χ4n) is 5.81. The van der Waals surface area contributed by atoms with Crippen molar-refractivity contribution in [2.45, 2.75) is 72.1 Å². The molecule has 0 aliphatic carbocycles. The zero-order valence-corrected chi connectivity index (χ0v) is 28.3. The number of hydrogen-bond donors (Lipinski definition) is 2. The number of nitrogens with zero attached hydrogens (tertiary/aromatic N) is 2. The number of aliphatic carboxylic acids is 1. The molecule has 2 aromatic carbocycles. The summed E-state index contributed by atoms with van der Waals surface area (Å²) in [5, 5.41) is 12.2. The number of likely N-dealkylation sites (N-methyl/N-ethyl adjacent to an activating group) is 1. The number of amides is 1. The Morgan fingerprint density at radius 2 is 1.63 bits per heavy atom. The van der Waals surface area contributed by atoms with Gasteiger partial charge in [0.15, 0.2) is 0 Å². The molecule has 0 saturated heterocycles. The van der Waals surface area contributed by atoms with Gasteiger partial charge in [0.2, 0.25) is 5.91 Å². The first kappa shape index (κ1) is 38.9. The molecule has 0 bridgehead atoms. The molecule has 0 unspecified atom stereocenters. The molecule has 1 heterocycles. The van der Waals surface area contributed by atoms with Gasteiger partial charge in [-0.2, -0.15) is 13.2 Å². The minimum Gasteiger partial charge on any atom is -0.481 e. The van der Waals surface area contributed by atoms with Gasteiger partial charge in [-0.3, -0.25) is 14.4 Å². The highest BCUT2D eigenvalue weighted by molar-refractivity contribution is 5.82. The van der Waals surface area contributed by atoms with Crippen molar-refractivity contribution in [3.05, 3.63) is 91.6 Å². The largest absolute Gasteiger partial charge is 0.481 e. The van der Waals surface area contributed by atoms with Crippen molar-refractivity contribution in [3.8, 4) is 23.0 Å². The van der Waals surface area contributed by atoms with Crippen molar-refractivity contribution in [3.63, 3.8) is 0 Å². The molecule has 0 saturated carbocycles. The molecule has 1 aromatic heterocycles. The summed E-state index contributed by atoms with van der Waals surface area (Å²) in [4.78, 5) is 40.8. The standard InChI is InChI=1S/C36H39F6N3O4/c1-8-9-22-15-25(31-20(4)13-24(37)14-21(31)5)34(39)32(33(22)38)27(17-30(47)48)43-35(49)28(12-19(2)3)45-18-23(10-11-44(6)7)26(16-29(45)46)36(40,41)42/h13-16,18-19,27-28H,10-12,17H2,1-7H3,(H,43,49)(H,47,48)/t27-,28+/m0/s1. The van der Waals surface area contributed by atoms with Gasteiger partial charge in [0.1, 0.15) is 23.5 Å². The van der Waals surface area contributed by atoms with Crippen LogP contribution in [0.3, 0.4) is 0 Å². The van der Waals surface area contributed by atoms with Crippen LogP contribution in [0.4, 0.5) is 26.3 Å². The number of carboxylic acid groups (broad SMARTS) is 1. The van der Waals surface area contributed by atoms with Crippen molar-refractivity contribution in [1.82, 2.24) is 14.8 Å². The van der Waals surface area contributed by atoms with E-state index >= 15 is 8.78 Å². The van der Waals surface area contributed by atoms with Gasteiger partial charge in [-0.25, -0.2) is 13.2 Å². The lowest BCUT2D eigenvalue weighted by Gasteiger charge is -2.27. The van der Waals surface area contributed by atoms with Crippen molar-refractivity contribution < 1.29 is 41.0 Å². The van der Waals surface area contributed by atoms with Crippen molar-refractivity contribution in [2.75, 3.05) is 20.6 Å². The maximum absolute atomic E-state index is 16.5. The fraction of sp³-hybridized carbons (Fsp3) is 0.417. The third kappa shape index (κ3) is 9.32. The smallest absolute Gasteiger partial charge is 0.416 e. The van der Waals surface area contributed by atoms with Gasteiger partial charge in [-0.1, -0.05) is 19.8 Å². The summed E-state index contributed by atoms with van der Waals surface area (Å²) in [5.74, 6) is -0.892. The summed E-state index contributed by atoms with van der Waals surface area (Å²) in [5.41, 5.74) is -3.09. The molecular weight excluding hydrogens is 652 g/mol. The molecule has 49 heavy (non-hydrogen) atoms. The van der Waals surface area contributed by atoms with E-state index in [0.717, 1.165) is 29.0 Å². The normalized spacial score (nSPS) is 12.9. The number of pyridine rings is 1. The second-order valence-electron chi connectivity index (χ2n) is 12.6. The van der Waals surface area contributed by atoms with E-state index in [2.05, 4.69) is 17.2 Å². The van der Waals surface area contributed by atoms with Gasteiger partial charge in [0.05, 0.1) is 23.6 Å². The second kappa shape index (κ2) is 15.8. The topological polar surface area (TPSA) is 91.6 Å². The maximum Gasteiger partial charge on any atom is 0.416 e. The Morgan fingerprint density at radius 3 is 2.14 bits per heavy atom. The van der Waals surface area contributed by atoms with Gasteiger partial charge < -0.3 is 19.9 Å². The van der Waals surface area contributed by atoms with Gasteiger partial charge in [0, 0.05) is 29.9 Å². The molecule has 7 nitrogen and oxygen atoms in total. The number of rotatable bonds is 12. The summed E-state index contributed by atoms with van der Waals surface area (Å²) < 4.78 is 89.3. The Bertz CT molecular complexity index is 1830. The number of carboxylic acids is 1. The number of benzene rings is 2. The summed E-state index contributed by atoms with van der Waals surface area (Å²) in [6.07, 6.45) is -5.11. The molecule has 0 radical (unpaired) electrons. The first-order valence-corrected chi connectivity index (χ1v) is 15.5. The van der Waals surface area contributed by atoms with Crippen LogP contribution in [0.25, 0.3) is 11.1 Å². The Labute approximate surface area is 280 Å². The lowest BCUT2D eigenvalue weighted by atomic mass is 9.89. The Kier molecular flexibility index (Phi) is 12.5. The number of alkyl halides is 3. The lowest BCUT2D eigenvalue weighted by Crippen LogP contribution is -2.41. The highest BCUT2D eigenvalue weighted by atomic mass is 19.4. The second-order valence-corrected chi connectivity index (χ2v) is 12.6. The average Bonchev–Trinajstić information content (AvgIpc) is 2.96. The molecule has 0 aliphatic heterocycles. The number of hydrogen-bond acceptors (Lipinski definition) is 4. The highest BCUT2D eigenvalue weighted by Crippen LogP contribution is 2.38. The van der Waals surface area contributed by atoms with Crippen LogP contribution in [-0.2, 0) is 22.2 Å². The van der Waals surface area contributed by atoms with Crippen LogP contribution < -0.4 is 10.9 Å². The molecule has 2 atom stereocenters. The van der Waals surface area contributed by atoms with Crippen LogP contribution >= 0.6 is 0 Å². The van der Waals surface area contributed by atoms with Crippen molar-refractivity contribution in [2.24, 2.45) is 5.92 Å². The fourth-order valence-corrected chi connectivity index (χ4v) is 5.81. The van der Waals surface area contributed by atoms with E-state index in [-0.39, 0.29) is 47.6 Å². The number of halogens is 6. The minimum absolute atomic E-state index is 0.0877. The van der Waals surface area contributed by atoms with Crippen LogP contribution in [0.1, 0.15) is 79.1 Å². The third-order valence-electron chi connectivity index (χ3n) is 7.93. The van der Waals surface area contributed by atoms with Crippen LogP contribution in [-0.4, -0.2) is 47.1 Å². The number of nitrogens with one attached hydrogen (secondary N) is 1. The number of carbonyl (C=O) groups excluding carboxylic acids is 1. The summed E-state index contributed by atoms with van der Waals surface area (Å²) >= 11 is 0. The summed E-state index contributed by atoms with van der Waals surface area (Å²) in [7, 11) is 3.31. The predicted octanol–water partition coefficient (Wildman–Crippen LogP) is 6.96. The molecule has 0 fully saturated rings. The van der Waals surface area contributed by atoms with Crippen LogP contribution in [0.5, 0.6) is 0 Å². The first-order valence-electron chi connectivity index (χ1n) is 15.5. The molecular formula is C36H39F6N3O4. The first-order chi connectivity index (χ1) is 22.8. The van der Waals surface area contributed by atoms with E-state index in [4.69, 9.17) is 0 Å². The van der Waals surface area contributed by atoms with E-state index in [1.807, 2.05) is 0 Å².